The van der Waals surface area contributed by atoms with Crippen molar-refractivity contribution in [2.45, 2.75) is 19.4 Å². The molecule has 0 aliphatic carbocycles. The van der Waals surface area contributed by atoms with E-state index in [4.69, 9.17) is 5.73 Å². The average molecular weight is 387 g/mol. The van der Waals surface area contributed by atoms with Gasteiger partial charge in [0.1, 0.15) is 0 Å². The highest BCUT2D eigenvalue weighted by atomic mass is 16.2. The molecule has 29 heavy (non-hydrogen) atoms. The highest BCUT2D eigenvalue weighted by Crippen LogP contribution is 2.23. The normalized spacial score (nSPS) is 17.2. The van der Waals surface area contributed by atoms with Crippen molar-refractivity contribution >= 4 is 28.3 Å². The summed E-state index contributed by atoms with van der Waals surface area (Å²) in [5, 5.41) is 5.21. The molecule has 1 atom stereocenters. The number of anilines is 1. The topological polar surface area (TPSA) is 75.4 Å². The third-order valence-electron chi connectivity index (χ3n) is 5.58. The summed E-state index contributed by atoms with van der Waals surface area (Å²) in [6, 6.07) is 21.5. The van der Waals surface area contributed by atoms with Gasteiger partial charge in [-0.1, -0.05) is 48.5 Å². The Morgan fingerprint density at radius 2 is 1.76 bits per heavy atom. The Hall–Kier alpha value is -3.18. The minimum absolute atomic E-state index is 0.0943. The maximum Gasteiger partial charge on any atom is 0.255 e. The van der Waals surface area contributed by atoms with Crippen molar-refractivity contribution in [1.29, 1.82) is 0 Å². The van der Waals surface area contributed by atoms with E-state index in [0.29, 0.717) is 18.7 Å². The summed E-state index contributed by atoms with van der Waals surface area (Å²) < 4.78 is 0. The lowest BCUT2D eigenvalue weighted by Gasteiger charge is -2.31. The molecule has 0 spiro atoms. The van der Waals surface area contributed by atoms with Gasteiger partial charge in [-0.15, -0.1) is 0 Å². The fraction of sp³-hybridized carbons (Fsp3) is 0.250. The standard InChI is InChI=1S/C24H25N3O2/c25-23(28)21-9-5-13-27(16-21)15-20-8-3-4-10-22(20)26-24(29)19-12-11-17-6-1-2-7-18(17)14-19/h1-4,6-8,10-12,14,21H,5,9,13,15-16H2,(H2,25,28)(H,26,29). The predicted molar refractivity (Wildman–Crippen MR) is 116 cm³/mol. The summed E-state index contributed by atoms with van der Waals surface area (Å²) in [4.78, 5) is 26.6. The van der Waals surface area contributed by atoms with Gasteiger partial charge in [-0.3, -0.25) is 14.5 Å². The first-order valence-corrected chi connectivity index (χ1v) is 10.00. The lowest BCUT2D eigenvalue weighted by Crippen LogP contribution is -2.40. The number of carbonyl (C=O) groups is 2. The second kappa shape index (κ2) is 8.45. The van der Waals surface area contributed by atoms with Crippen molar-refractivity contribution < 1.29 is 9.59 Å². The number of amides is 2. The molecule has 0 bridgehead atoms. The van der Waals surface area contributed by atoms with Gasteiger partial charge in [-0.05, 0) is 53.9 Å². The maximum absolute atomic E-state index is 12.9. The van der Waals surface area contributed by atoms with Gasteiger partial charge in [0, 0.05) is 24.3 Å². The molecule has 1 heterocycles. The van der Waals surface area contributed by atoms with Crippen molar-refractivity contribution in [2.24, 2.45) is 11.7 Å². The fourth-order valence-electron chi connectivity index (χ4n) is 3.98. The Balaban J connectivity index is 1.50. The van der Waals surface area contributed by atoms with Crippen LogP contribution in [0.15, 0.2) is 66.7 Å². The number of benzene rings is 3. The molecular formula is C24H25N3O2. The van der Waals surface area contributed by atoms with Crippen molar-refractivity contribution in [3.63, 3.8) is 0 Å². The number of nitrogens with zero attached hydrogens (tertiary/aromatic N) is 1. The average Bonchev–Trinajstić information content (AvgIpc) is 2.75. The molecule has 5 nitrogen and oxygen atoms in total. The van der Waals surface area contributed by atoms with E-state index >= 15 is 0 Å². The summed E-state index contributed by atoms with van der Waals surface area (Å²) in [6.07, 6.45) is 1.81. The molecule has 1 fully saturated rings. The van der Waals surface area contributed by atoms with Gasteiger partial charge in [-0.25, -0.2) is 0 Å². The van der Waals surface area contributed by atoms with E-state index in [0.717, 1.165) is 41.4 Å². The molecule has 4 rings (SSSR count). The lowest BCUT2D eigenvalue weighted by molar-refractivity contribution is -0.123. The Bertz CT molecular complexity index is 1050. The minimum Gasteiger partial charge on any atom is -0.369 e. The Morgan fingerprint density at radius 3 is 2.59 bits per heavy atom. The number of carbonyl (C=O) groups excluding carboxylic acids is 2. The predicted octanol–water partition coefficient (Wildman–Crippen LogP) is 3.79. The second-order valence-corrected chi connectivity index (χ2v) is 7.65. The number of piperidine rings is 1. The summed E-state index contributed by atoms with van der Waals surface area (Å²) in [5.74, 6) is -0.451. The zero-order chi connectivity index (χ0) is 20.2. The Labute approximate surface area is 170 Å². The van der Waals surface area contributed by atoms with Gasteiger partial charge in [0.15, 0.2) is 0 Å². The molecule has 1 aliphatic heterocycles. The molecule has 3 aromatic carbocycles. The molecule has 3 aromatic rings. The largest absolute Gasteiger partial charge is 0.369 e. The molecule has 2 amide bonds. The van der Waals surface area contributed by atoms with E-state index in [1.165, 1.54) is 0 Å². The molecular weight excluding hydrogens is 362 g/mol. The molecule has 1 aliphatic rings. The number of nitrogens with two attached hydrogens (primary N) is 1. The SMILES string of the molecule is NC(=O)C1CCCN(Cc2ccccc2NC(=O)c2ccc3ccccc3c2)C1. The number of rotatable bonds is 5. The van der Waals surface area contributed by atoms with Crippen molar-refractivity contribution in [2.75, 3.05) is 18.4 Å². The first-order valence-electron chi connectivity index (χ1n) is 10.00. The van der Waals surface area contributed by atoms with Crippen LogP contribution in [0, 0.1) is 5.92 Å². The van der Waals surface area contributed by atoms with E-state index in [1.54, 1.807) is 0 Å². The monoisotopic (exact) mass is 387 g/mol. The van der Waals surface area contributed by atoms with Crippen LogP contribution in [0.2, 0.25) is 0 Å². The molecule has 1 saturated heterocycles. The smallest absolute Gasteiger partial charge is 0.255 e. The van der Waals surface area contributed by atoms with E-state index in [-0.39, 0.29) is 17.7 Å². The molecule has 1 unspecified atom stereocenters. The van der Waals surface area contributed by atoms with Gasteiger partial charge in [0.05, 0.1) is 5.92 Å². The first-order chi connectivity index (χ1) is 14.1. The lowest BCUT2D eigenvalue weighted by atomic mass is 9.97. The molecule has 0 radical (unpaired) electrons. The summed E-state index contributed by atoms with van der Waals surface area (Å²) in [6.45, 7) is 2.27. The third kappa shape index (κ3) is 4.46. The van der Waals surface area contributed by atoms with Crippen LogP contribution in [0.3, 0.4) is 0 Å². The van der Waals surface area contributed by atoms with Gasteiger partial charge in [0.2, 0.25) is 5.91 Å². The second-order valence-electron chi connectivity index (χ2n) is 7.65. The zero-order valence-corrected chi connectivity index (χ0v) is 16.3. The molecule has 0 saturated carbocycles. The minimum atomic E-state index is -0.229. The van der Waals surface area contributed by atoms with Crippen LogP contribution in [-0.4, -0.2) is 29.8 Å². The summed E-state index contributed by atoms with van der Waals surface area (Å²) in [7, 11) is 0. The van der Waals surface area contributed by atoms with E-state index < -0.39 is 0 Å². The van der Waals surface area contributed by atoms with Crippen LogP contribution in [0.25, 0.3) is 10.8 Å². The number of hydrogen-bond acceptors (Lipinski definition) is 3. The van der Waals surface area contributed by atoms with E-state index in [1.807, 2.05) is 66.7 Å². The number of para-hydroxylation sites is 1. The number of fused-ring (bicyclic) bond motifs is 1. The number of likely N-dealkylation sites (tertiary alicyclic amines) is 1. The highest BCUT2D eigenvalue weighted by Gasteiger charge is 2.24. The third-order valence-corrected chi connectivity index (χ3v) is 5.58. The van der Waals surface area contributed by atoms with Crippen molar-refractivity contribution in [1.82, 2.24) is 4.90 Å². The number of nitrogens with one attached hydrogen (secondary N) is 1. The van der Waals surface area contributed by atoms with Gasteiger partial charge < -0.3 is 11.1 Å². The van der Waals surface area contributed by atoms with Gasteiger partial charge in [-0.2, -0.15) is 0 Å². The molecule has 3 N–H and O–H groups in total. The Morgan fingerprint density at radius 1 is 1.00 bits per heavy atom. The zero-order valence-electron chi connectivity index (χ0n) is 16.3. The summed E-state index contributed by atoms with van der Waals surface area (Å²) >= 11 is 0. The first kappa shape index (κ1) is 19.2. The molecule has 148 valence electrons. The number of primary amides is 1. The van der Waals surface area contributed by atoms with Crippen LogP contribution >= 0.6 is 0 Å². The van der Waals surface area contributed by atoms with Crippen LogP contribution in [0.1, 0.15) is 28.8 Å². The maximum atomic E-state index is 12.9. The van der Waals surface area contributed by atoms with Gasteiger partial charge in [0.25, 0.3) is 5.91 Å². The van der Waals surface area contributed by atoms with Crippen molar-refractivity contribution in [3.05, 3.63) is 77.9 Å². The van der Waals surface area contributed by atoms with Crippen LogP contribution in [0.5, 0.6) is 0 Å². The Kier molecular flexibility index (Phi) is 5.58. The summed E-state index contributed by atoms with van der Waals surface area (Å²) in [5.41, 5.74) is 7.96. The van der Waals surface area contributed by atoms with Crippen LogP contribution in [0.4, 0.5) is 5.69 Å². The van der Waals surface area contributed by atoms with E-state index in [2.05, 4.69) is 10.2 Å². The van der Waals surface area contributed by atoms with E-state index in [9.17, 15) is 9.59 Å². The van der Waals surface area contributed by atoms with Crippen molar-refractivity contribution in [3.8, 4) is 0 Å². The van der Waals surface area contributed by atoms with Crippen LogP contribution in [-0.2, 0) is 11.3 Å². The number of hydrogen-bond donors (Lipinski definition) is 2. The molecule has 5 heteroatoms. The molecule has 0 aromatic heterocycles. The van der Waals surface area contributed by atoms with Crippen LogP contribution < -0.4 is 11.1 Å². The van der Waals surface area contributed by atoms with Gasteiger partial charge >= 0.3 is 0 Å². The quantitative estimate of drug-likeness (QED) is 0.699. The fourth-order valence-corrected chi connectivity index (χ4v) is 3.98. The highest BCUT2D eigenvalue weighted by molar-refractivity contribution is 6.06.